The Kier molecular flexibility index (Phi) is 6.10. The molecule has 118 valence electrons. The Morgan fingerprint density at radius 1 is 1.29 bits per heavy atom. The van der Waals surface area contributed by atoms with Gasteiger partial charge in [-0.3, -0.25) is 0 Å². The number of nitrogens with one attached hydrogen (secondary N) is 2. The molecular weight excluding hydrogens is 304 g/mol. The highest BCUT2D eigenvalue weighted by Crippen LogP contribution is 2.22. The normalized spacial score (nSPS) is 17.0. The molecule has 0 radical (unpaired) electrons. The molecule has 2 rings (SSSR count). The molecule has 0 bridgehead atoms. The van der Waals surface area contributed by atoms with Crippen molar-refractivity contribution < 1.29 is 8.42 Å². The largest absolute Gasteiger partial charge is 0.313 e. The van der Waals surface area contributed by atoms with E-state index in [0.29, 0.717) is 11.4 Å². The molecule has 1 aromatic carbocycles. The maximum atomic E-state index is 12.6. The molecule has 4 nitrogen and oxygen atoms in total. The Balaban J connectivity index is 2.18. The lowest BCUT2D eigenvalue weighted by atomic mass is 10.1. The number of hydrogen-bond donors (Lipinski definition) is 2. The summed E-state index contributed by atoms with van der Waals surface area (Å²) in [6.45, 7) is 5.50. The van der Waals surface area contributed by atoms with Crippen molar-refractivity contribution >= 4 is 21.8 Å². The predicted octanol–water partition coefficient (Wildman–Crippen LogP) is 2.28. The summed E-state index contributed by atoms with van der Waals surface area (Å²) in [5.74, 6) is 2.07. The molecule has 0 spiro atoms. The lowest BCUT2D eigenvalue weighted by molar-refractivity contribution is 0.528. The molecule has 0 aromatic heterocycles. The summed E-state index contributed by atoms with van der Waals surface area (Å²) in [4.78, 5) is 0.413. The molecule has 0 saturated carbocycles. The van der Waals surface area contributed by atoms with Gasteiger partial charge < -0.3 is 5.32 Å². The van der Waals surface area contributed by atoms with Crippen molar-refractivity contribution in [3.8, 4) is 0 Å². The fourth-order valence-corrected chi connectivity index (χ4v) is 5.20. The Morgan fingerprint density at radius 2 is 2.00 bits per heavy atom. The van der Waals surface area contributed by atoms with Crippen LogP contribution < -0.4 is 10.0 Å². The van der Waals surface area contributed by atoms with Crippen molar-refractivity contribution in [1.82, 2.24) is 10.0 Å². The second-order valence-corrected chi connectivity index (χ2v) is 8.24. The summed E-state index contributed by atoms with van der Waals surface area (Å²) in [6, 6.07) is 5.58. The quantitative estimate of drug-likeness (QED) is 0.841. The van der Waals surface area contributed by atoms with Crippen LogP contribution in [0.25, 0.3) is 0 Å². The number of sulfonamides is 1. The predicted molar refractivity (Wildman–Crippen MR) is 89.2 cm³/mol. The van der Waals surface area contributed by atoms with Gasteiger partial charge in [0, 0.05) is 12.6 Å². The average Bonchev–Trinajstić information content (AvgIpc) is 2.46. The lowest BCUT2D eigenvalue weighted by Crippen LogP contribution is -2.37. The molecular formula is C15H24N2O2S2. The maximum absolute atomic E-state index is 12.6. The molecule has 1 fully saturated rings. The smallest absolute Gasteiger partial charge is 0.241 e. The molecule has 1 saturated heterocycles. The van der Waals surface area contributed by atoms with Gasteiger partial charge in [0.05, 0.1) is 4.90 Å². The van der Waals surface area contributed by atoms with Crippen LogP contribution in [-0.4, -0.2) is 32.5 Å². The van der Waals surface area contributed by atoms with E-state index in [4.69, 9.17) is 0 Å². The second-order valence-electron chi connectivity index (χ2n) is 5.33. The first-order valence-electron chi connectivity index (χ1n) is 7.44. The summed E-state index contributed by atoms with van der Waals surface area (Å²) in [5, 5.41) is 3.25. The first-order valence-corrected chi connectivity index (χ1v) is 10.1. The summed E-state index contributed by atoms with van der Waals surface area (Å²) in [6.07, 6.45) is 1.83. The molecule has 0 aliphatic carbocycles. The minimum absolute atomic E-state index is 0.0769. The van der Waals surface area contributed by atoms with Gasteiger partial charge in [-0.25, -0.2) is 13.1 Å². The molecule has 1 aliphatic rings. The van der Waals surface area contributed by atoms with Gasteiger partial charge in [0.15, 0.2) is 0 Å². The average molecular weight is 329 g/mol. The zero-order chi connectivity index (χ0) is 15.3. The van der Waals surface area contributed by atoms with Crippen LogP contribution in [0, 0.1) is 6.92 Å². The summed E-state index contributed by atoms with van der Waals surface area (Å²) in [7, 11) is -3.43. The van der Waals surface area contributed by atoms with E-state index in [-0.39, 0.29) is 6.04 Å². The zero-order valence-electron chi connectivity index (χ0n) is 12.7. The maximum Gasteiger partial charge on any atom is 0.241 e. The van der Waals surface area contributed by atoms with Crippen LogP contribution in [-0.2, 0) is 16.6 Å². The highest BCUT2D eigenvalue weighted by atomic mass is 32.2. The number of thioether (sulfide) groups is 1. The van der Waals surface area contributed by atoms with Gasteiger partial charge in [-0.15, -0.1) is 0 Å². The van der Waals surface area contributed by atoms with Crippen LogP contribution in [0.1, 0.15) is 30.9 Å². The molecule has 0 atom stereocenters. The topological polar surface area (TPSA) is 58.2 Å². The van der Waals surface area contributed by atoms with Crippen molar-refractivity contribution in [2.24, 2.45) is 0 Å². The molecule has 0 amide bonds. The van der Waals surface area contributed by atoms with Crippen LogP contribution in [0.4, 0.5) is 0 Å². The van der Waals surface area contributed by atoms with E-state index in [1.165, 1.54) is 0 Å². The van der Waals surface area contributed by atoms with E-state index in [1.807, 2.05) is 37.7 Å². The van der Waals surface area contributed by atoms with E-state index in [1.54, 1.807) is 6.07 Å². The van der Waals surface area contributed by atoms with E-state index in [0.717, 1.165) is 42.0 Å². The highest BCUT2D eigenvalue weighted by molar-refractivity contribution is 7.99. The van der Waals surface area contributed by atoms with Crippen molar-refractivity contribution in [2.75, 3.05) is 18.1 Å². The fourth-order valence-electron chi connectivity index (χ4n) is 2.50. The summed E-state index contributed by atoms with van der Waals surface area (Å²) < 4.78 is 28.1. The first kappa shape index (κ1) is 16.8. The Morgan fingerprint density at radius 3 is 2.67 bits per heavy atom. The molecule has 6 heteroatoms. The van der Waals surface area contributed by atoms with E-state index >= 15 is 0 Å². The minimum Gasteiger partial charge on any atom is -0.313 e. The number of rotatable bonds is 6. The summed E-state index contributed by atoms with van der Waals surface area (Å²) >= 11 is 1.89. The van der Waals surface area contributed by atoms with Crippen LogP contribution in [0.3, 0.4) is 0 Å². The van der Waals surface area contributed by atoms with Gasteiger partial charge in [-0.1, -0.05) is 19.1 Å². The number of benzene rings is 1. The minimum atomic E-state index is -3.43. The van der Waals surface area contributed by atoms with Crippen molar-refractivity contribution in [3.63, 3.8) is 0 Å². The summed E-state index contributed by atoms with van der Waals surface area (Å²) in [5.41, 5.74) is 1.88. The van der Waals surface area contributed by atoms with Crippen LogP contribution in [0.5, 0.6) is 0 Å². The lowest BCUT2D eigenvalue weighted by Gasteiger charge is -2.23. The van der Waals surface area contributed by atoms with Crippen molar-refractivity contribution in [3.05, 3.63) is 29.3 Å². The molecule has 2 N–H and O–H groups in total. The molecule has 0 unspecified atom stereocenters. The van der Waals surface area contributed by atoms with Crippen LogP contribution in [0.2, 0.25) is 0 Å². The monoisotopic (exact) mass is 328 g/mol. The first-order chi connectivity index (χ1) is 10.0. The second kappa shape index (κ2) is 7.63. The number of hydrogen-bond acceptors (Lipinski definition) is 4. The fraction of sp³-hybridized carbons (Fsp3) is 0.600. The SMILES string of the molecule is CCNCc1cccc(S(=O)(=O)NC2CCSCC2)c1C. The van der Waals surface area contributed by atoms with Crippen molar-refractivity contribution in [2.45, 2.75) is 44.2 Å². The van der Waals surface area contributed by atoms with Gasteiger partial charge >= 0.3 is 0 Å². The molecule has 1 heterocycles. The van der Waals surface area contributed by atoms with Gasteiger partial charge in [0.2, 0.25) is 10.0 Å². The Hall–Kier alpha value is -0.560. The van der Waals surface area contributed by atoms with Crippen molar-refractivity contribution in [1.29, 1.82) is 0 Å². The van der Waals surface area contributed by atoms with Crippen LogP contribution in [0.15, 0.2) is 23.1 Å². The standard InChI is InChI=1S/C15H24N2O2S2/c1-3-16-11-13-5-4-6-15(12(13)2)21(18,19)17-14-7-9-20-10-8-14/h4-6,14,16-17H,3,7-11H2,1-2H3. The van der Waals surface area contributed by atoms with Gasteiger partial charge in [-0.05, 0) is 55.0 Å². The van der Waals surface area contributed by atoms with Gasteiger partial charge in [-0.2, -0.15) is 11.8 Å². The molecule has 1 aromatic rings. The van der Waals surface area contributed by atoms with Gasteiger partial charge in [0.25, 0.3) is 0 Å². The Bertz CT molecular complexity index is 567. The van der Waals surface area contributed by atoms with E-state index in [2.05, 4.69) is 10.0 Å². The van der Waals surface area contributed by atoms with Crippen LogP contribution >= 0.6 is 11.8 Å². The zero-order valence-corrected chi connectivity index (χ0v) is 14.3. The third-order valence-corrected chi connectivity index (χ3v) is 6.51. The Labute approximate surface area is 132 Å². The van der Waals surface area contributed by atoms with Gasteiger partial charge in [0.1, 0.15) is 0 Å². The third-order valence-electron chi connectivity index (χ3n) is 3.79. The van der Waals surface area contributed by atoms with E-state index in [9.17, 15) is 8.42 Å². The van der Waals surface area contributed by atoms with E-state index < -0.39 is 10.0 Å². The molecule has 21 heavy (non-hydrogen) atoms. The highest BCUT2D eigenvalue weighted by Gasteiger charge is 2.23. The third kappa shape index (κ3) is 4.45. The molecule has 1 aliphatic heterocycles.